The number of carbonyl (C=O) groups excluding carboxylic acids is 1. The summed E-state index contributed by atoms with van der Waals surface area (Å²) in [7, 11) is 0. The number of amides is 1. The Kier molecular flexibility index (Phi) is 4.50. The minimum atomic E-state index is -1.03. The van der Waals surface area contributed by atoms with Crippen LogP contribution in [0.5, 0.6) is 0 Å². The number of carboxylic acid groups (broad SMARTS) is 1. The highest BCUT2D eigenvalue weighted by atomic mass is 16.6. The van der Waals surface area contributed by atoms with Crippen LogP contribution < -0.4 is 0 Å². The van der Waals surface area contributed by atoms with Crippen molar-refractivity contribution in [3.8, 4) is 0 Å². The van der Waals surface area contributed by atoms with Crippen LogP contribution in [0, 0.1) is 0 Å². The van der Waals surface area contributed by atoms with Crippen molar-refractivity contribution >= 4 is 23.1 Å². The third-order valence-corrected chi connectivity index (χ3v) is 5.32. The number of fused-ring (bicyclic) bond motifs is 1. The molecule has 2 heterocycles. The van der Waals surface area contributed by atoms with Crippen molar-refractivity contribution in [2.75, 3.05) is 6.54 Å². The van der Waals surface area contributed by atoms with Gasteiger partial charge in [0.05, 0.1) is 11.1 Å². The molecule has 28 heavy (non-hydrogen) atoms. The molecular weight excluding hydrogens is 358 g/mol. The molecule has 0 spiro atoms. The van der Waals surface area contributed by atoms with Gasteiger partial charge in [0, 0.05) is 6.54 Å². The fraction of sp³-hybridized carbons (Fsp3) is 0.286. The van der Waals surface area contributed by atoms with E-state index < -0.39 is 17.6 Å². The normalized spacial score (nSPS) is 19.1. The number of likely N-dealkylation sites (tertiary alicyclic amines) is 1. The van der Waals surface area contributed by atoms with Crippen molar-refractivity contribution in [1.82, 2.24) is 14.9 Å². The van der Waals surface area contributed by atoms with E-state index in [9.17, 15) is 14.7 Å². The lowest BCUT2D eigenvalue weighted by atomic mass is 9.98. The summed E-state index contributed by atoms with van der Waals surface area (Å²) in [6.45, 7) is 2.70. The lowest BCUT2D eigenvalue weighted by Crippen LogP contribution is -2.43. The number of imidazole rings is 1. The molecule has 1 aliphatic rings. The molecule has 1 fully saturated rings. The molecule has 1 atom stereocenters. The van der Waals surface area contributed by atoms with Crippen LogP contribution in [0.25, 0.3) is 11.0 Å². The molecule has 144 valence electrons. The van der Waals surface area contributed by atoms with Crippen LogP contribution >= 0.6 is 0 Å². The zero-order valence-corrected chi connectivity index (χ0v) is 15.5. The highest BCUT2D eigenvalue weighted by molar-refractivity contribution is 6.00. The van der Waals surface area contributed by atoms with Gasteiger partial charge in [0.1, 0.15) is 23.5 Å². The molecule has 0 unspecified atom stereocenters. The number of H-pyrrole nitrogens is 1. The first-order valence-corrected chi connectivity index (χ1v) is 9.20. The summed E-state index contributed by atoms with van der Waals surface area (Å²) >= 11 is 0. The number of nitrogens with zero attached hydrogens (tertiary/aromatic N) is 2. The van der Waals surface area contributed by atoms with Crippen molar-refractivity contribution in [2.24, 2.45) is 0 Å². The summed E-state index contributed by atoms with van der Waals surface area (Å²) in [5, 5.41) is 9.40. The smallest absolute Gasteiger partial charge is 0.410 e. The van der Waals surface area contributed by atoms with Crippen molar-refractivity contribution in [1.29, 1.82) is 0 Å². The van der Waals surface area contributed by atoms with Gasteiger partial charge in [0.2, 0.25) is 0 Å². The number of benzene rings is 2. The topological polar surface area (TPSA) is 95.5 Å². The van der Waals surface area contributed by atoms with Crippen LogP contribution in [0.2, 0.25) is 0 Å². The molecule has 0 saturated carbocycles. The van der Waals surface area contributed by atoms with E-state index in [1.54, 1.807) is 17.0 Å². The maximum atomic E-state index is 12.8. The second-order valence-electron chi connectivity index (χ2n) is 7.16. The highest BCUT2D eigenvalue weighted by Gasteiger charge is 2.44. The van der Waals surface area contributed by atoms with Crippen LogP contribution in [0.1, 0.15) is 41.5 Å². The van der Waals surface area contributed by atoms with Gasteiger partial charge in [-0.15, -0.1) is 0 Å². The second-order valence-corrected chi connectivity index (χ2v) is 7.16. The molecule has 1 aliphatic heterocycles. The quantitative estimate of drug-likeness (QED) is 0.717. The maximum absolute atomic E-state index is 12.8. The van der Waals surface area contributed by atoms with Gasteiger partial charge in [-0.05, 0) is 37.5 Å². The summed E-state index contributed by atoms with van der Waals surface area (Å²) in [5.41, 5.74) is 1.42. The van der Waals surface area contributed by atoms with Crippen molar-refractivity contribution in [3.63, 3.8) is 0 Å². The molecule has 2 aromatic carbocycles. The highest BCUT2D eigenvalue weighted by Crippen LogP contribution is 2.38. The Labute approximate surface area is 162 Å². The molecule has 1 saturated heterocycles. The largest absolute Gasteiger partial charge is 0.478 e. The Hall–Kier alpha value is -3.35. The van der Waals surface area contributed by atoms with E-state index in [0.29, 0.717) is 23.4 Å². The van der Waals surface area contributed by atoms with Crippen LogP contribution in [0.15, 0.2) is 48.5 Å². The third kappa shape index (κ3) is 3.09. The van der Waals surface area contributed by atoms with Gasteiger partial charge in [-0.3, -0.25) is 4.90 Å². The number of hydrogen-bond donors (Lipinski definition) is 2. The van der Waals surface area contributed by atoms with E-state index in [1.165, 1.54) is 6.07 Å². The second kappa shape index (κ2) is 6.99. The van der Waals surface area contributed by atoms with Crippen molar-refractivity contribution in [2.45, 2.75) is 31.9 Å². The zero-order chi connectivity index (χ0) is 19.7. The number of carbonyl (C=O) groups is 2. The molecule has 0 bridgehead atoms. The van der Waals surface area contributed by atoms with Gasteiger partial charge in [-0.2, -0.15) is 0 Å². The van der Waals surface area contributed by atoms with E-state index in [4.69, 9.17) is 4.74 Å². The molecular formula is C21H21N3O4. The third-order valence-electron chi connectivity index (χ3n) is 5.32. The van der Waals surface area contributed by atoms with Gasteiger partial charge >= 0.3 is 12.1 Å². The Bertz CT molecular complexity index is 1030. The average molecular weight is 379 g/mol. The fourth-order valence-electron chi connectivity index (χ4n) is 3.76. The monoisotopic (exact) mass is 379 g/mol. The number of aromatic nitrogens is 2. The van der Waals surface area contributed by atoms with E-state index in [-0.39, 0.29) is 12.2 Å². The number of hydrogen-bond acceptors (Lipinski definition) is 4. The minimum absolute atomic E-state index is 0.139. The molecule has 1 amide bonds. The summed E-state index contributed by atoms with van der Waals surface area (Å²) < 4.78 is 5.52. The Morgan fingerprint density at radius 1 is 1.21 bits per heavy atom. The van der Waals surface area contributed by atoms with E-state index in [2.05, 4.69) is 9.97 Å². The summed E-state index contributed by atoms with van der Waals surface area (Å²) in [6.07, 6.45) is 1.14. The first kappa shape index (κ1) is 18.0. The average Bonchev–Trinajstić information content (AvgIpc) is 3.31. The van der Waals surface area contributed by atoms with Crippen LogP contribution in [0.4, 0.5) is 4.79 Å². The SMILES string of the molecule is C[C@@]1(c2nc3c(C(=O)O)cccc3[nH]2)CCCN1C(=O)OCc1ccccc1. The lowest BCUT2D eigenvalue weighted by molar-refractivity contribution is 0.0665. The predicted molar refractivity (Wildman–Crippen MR) is 103 cm³/mol. The van der Waals surface area contributed by atoms with Crippen LogP contribution in [0.3, 0.4) is 0 Å². The molecule has 0 aliphatic carbocycles. The summed E-state index contributed by atoms with van der Waals surface area (Å²) in [5.74, 6) is -0.454. The number of rotatable bonds is 4. The van der Waals surface area contributed by atoms with E-state index >= 15 is 0 Å². The first-order chi connectivity index (χ1) is 13.5. The molecule has 7 nitrogen and oxygen atoms in total. The predicted octanol–water partition coefficient (Wildman–Crippen LogP) is 3.91. The molecule has 2 N–H and O–H groups in total. The number of aromatic carboxylic acids is 1. The number of para-hydroxylation sites is 1. The van der Waals surface area contributed by atoms with E-state index in [1.807, 2.05) is 37.3 Å². The maximum Gasteiger partial charge on any atom is 0.410 e. The number of carboxylic acids is 1. The number of aromatic amines is 1. The van der Waals surface area contributed by atoms with Gasteiger partial charge in [-0.25, -0.2) is 14.6 Å². The molecule has 0 radical (unpaired) electrons. The fourth-order valence-corrected chi connectivity index (χ4v) is 3.76. The van der Waals surface area contributed by atoms with Crippen LogP contribution in [-0.4, -0.2) is 38.6 Å². The Morgan fingerprint density at radius 2 is 2.00 bits per heavy atom. The zero-order valence-electron chi connectivity index (χ0n) is 15.5. The minimum Gasteiger partial charge on any atom is -0.478 e. The Morgan fingerprint density at radius 3 is 2.75 bits per heavy atom. The first-order valence-electron chi connectivity index (χ1n) is 9.20. The molecule has 4 rings (SSSR count). The van der Waals surface area contributed by atoms with Crippen molar-refractivity contribution in [3.05, 3.63) is 65.5 Å². The van der Waals surface area contributed by atoms with Gasteiger partial charge < -0.3 is 14.8 Å². The lowest BCUT2D eigenvalue weighted by Gasteiger charge is -2.32. The number of ether oxygens (including phenoxy) is 1. The van der Waals surface area contributed by atoms with Gasteiger partial charge in [0.15, 0.2) is 0 Å². The van der Waals surface area contributed by atoms with Gasteiger partial charge in [-0.1, -0.05) is 36.4 Å². The molecule has 7 heteroatoms. The Balaban J connectivity index is 1.61. The van der Waals surface area contributed by atoms with E-state index in [0.717, 1.165) is 18.4 Å². The standard InChI is InChI=1S/C21H21N3O4/c1-21(19-22-16-10-5-9-15(18(25)26)17(16)23-19)11-6-12-24(21)20(27)28-13-14-7-3-2-4-8-14/h2-5,7-10H,6,11-13H2,1H3,(H,22,23)(H,25,26)/t21-/m0/s1. The number of nitrogens with one attached hydrogen (secondary N) is 1. The molecule has 3 aromatic rings. The van der Waals surface area contributed by atoms with Crippen LogP contribution in [-0.2, 0) is 16.9 Å². The molecule has 1 aromatic heterocycles. The summed E-state index contributed by atoms with van der Waals surface area (Å²) in [6, 6.07) is 14.5. The van der Waals surface area contributed by atoms with Gasteiger partial charge in [0.25, 0.3) is 0 Å². The summed E-state index contributed by atoms with van der Waals surface area (Å²) in [4.78, 5) is 33.7. The van der Waals surface area contributed by atoms with Crippen molar-refractivity contribution < 1.29 is 19.4 Å².